The third kappa shape index (κ3) is 25.8. The van der Waals surface area contributed by atoms with Crippen molar-refractivity contribution in [2.75, 3.05) is 19.8 Å². The third-order valence-electron chi connectivity index (χ3n) is 10.2. The fourth-order valence-electron chi connectivity index (χ4n) is 6.83. The average Bonchev–Trinajstić information content (AvgIpc) is 3.18. The molecule has 5 nitrogen and oxygen atoms in total. The molecule has 2 rings (SSSR count). The van der Waals surface area contributed by atoms with E-state index in [0.29, 0.717) is 30.1 Å². The molecule has 0 spiro atoms. The Labute approximate surface area is 341 Å². The quantitative estimate of drug-likeness (QED) is 0.0507. The average molecular weight is 812 g/mol. The van der Waals surface area contributed by atoms with Gasteiger partial charge >= 0.3 is 0 Å². The molecule has 0 fully saturated rings. The van der Waals surface area contributed by atoms with Crippen LogP contribution in [-0.2, 0) is 0 Å². The van der Waals surface area contributed by atoms with Crippen LogP contribution in [0.15, 0.2) is 29.1 Å². The normalized spacial score (nSPS) is 11.0. The first-order valence-electron chi connectivity index (χ1n) is 22.7. The first-order chi connectivity index (χ1) is 26.7. The summed E-state index contributed by atoms with van der Waals surface area (Å²) in [5.74, 6) is 8.70. The molecule has 306 valence electrons. The van der Waals surface area contributed by atoms with Crippen LogP contribution in [0.3, 0.4) is 0 Å². The lowest BCUT2D eigenvalue weighted by molar-refractivity contribution is 0.234. The van der Waals surface area contributed by atoms with E-state index in [2.05, 4.69) is 58.5 Å². The number of rotatable bonds is 36. The number of ether oxygens (including phenoxy) is 3. The Bertz CT molecular complexity index is 1160. The van der Waals surface area contributed by atoms with Crippen molar-refractivity contribution in [2.24, 2.45) is 0 Å². The Morgan fingerprint density at radius 2 is 0.778 bits per heavy atom. The van der Waals surface area contributed by atoms with E-state index >= 15 is 0 Å². The van der Waals surface area contributed by atoms with Crippen molar-refractivity contribution >= 4 is 15.9 Å². The van der Waals surface area contributed by atoms with Crippen LogP contribution >= 0.6 is 15.9 Å². The molecule has 1 heterocycles. The van der Waals surface area contributed by atoms with Gasteiger partial charge in [0, 0.05) is 5.56 Å². The van der Waals surface area contributed by atoms with Crippen LogP contribution in [0.4, 0.5) is 0 Å². The van der Waals surface area contributed by atoms with Gasteiger partial charge in [-0.05, 0) is 53.2 Å². The van der Waals surface area contributed by atoms with Crippen LogP contribution in [0.2, 0.25) is 0 Å². The Hall–Kier alpha value is -2.26. The summed E-state index contributed by atoms with van der Waals surface area (Å²) in [7, 11) is 0. The predicted molar refractivity (Wildman–Crippen MR) is 234 cm³/mol. The van der Waals surface area contributed by atoms with Gasteiger partial charge in [-0.3, -0.25) is 0 Å². The summed E-state index contributed by atoms with van der Waals surface area (Å²) in [5.41, 5.74) is 1.46. The molecule has 0 saturated heterocycles. The van der Waals surface area contributed by atoms with Gasteiger partial charge in [0.1, 0.15) is 10.3 Å². The molecule has 0 N–H and O–H groups in total. The largest absolute Gasteiger partial charge is 0.490 e. The molecule has 0 radical (unpaired) electrons. The fraction of sp³-hybridized carbons (Fsp3) is 0.750. The summed E-state index contributed by atoms with van der Waals surface area (Å²) in [4.78, 5) is 8.69. The van der Waals surface area contributed by atoms with Gasteiger partial charge in [-0.2, -0.15) is 0 Å². The van der Waals surface area contributed by atoms with Crippen LogP contribution in [0, 0.1) is 11.8 Å². The summed E-state index contributed by atoms with van der Waals surface area (Å²) in [6.45, 7) is 8.85. The van der Waals surface area contributed by atoms with E-state index in [1.54, 1.807) is 12.4 Å². The second-order valence-corrected chi connectivity index (χ2v) is 16.2. The van der Waals surface area contributed by atoms with E-state index in [9.17, 15) is 0 Å². The second kappa shape index (κ2) is 35.2. The molecule has 0 unspecified atom stereocenters. The molecule has 0 saturated carbocycles. The molecule has 54 heavy (non-hydrogen) atoms. The lowest BCUT2D eigenvalue weighted by atomic mass is 10.1. The van der Waals surface area contributed by atoms with Crippen molar-refractivity contribution in [3.05, 3.63) is 40.4 Å². The molecule has 0 aliphatic carbocycles. The van der Waals surface area contributed by atoms with E-state index in [-0.39, 0.29) is 0 Å². The van der Waals surface area contributed by atoms with Crippen molar-refractivity contribution in [3.8, 4) is 29.1 Å². The minimum Gasteiger partial charge on any atom is -0.490 e. The third-order valence-corrected chi connectivity index (χ3v) is 10.6. The van der Waals surface area contributed by atoms with Gasteiger partial charge in [0.25, 0.3) is 0 Å². The lowest BCUT2D eigenvalue weighted by Crippen LogP contribution is -2.07. The maximum atomic E-state index is 6.55. The highest BCUT2D eigenvalue weighted by atomic mass is 79.9. The molecule has 1 aromatic carbocycles. The van der Waals surface area contributed by atoms with Crippen LogP contribution in [0.5, 0.6) is 17.2 Å². The Morgan fingerprint density at radius 3 is 1.13 bits per heavy atom. The summed E-state index contributed by atoms with van der Waals surface area (Å²) in [6, 6.07) is 4.05. The molecule has 0 aliphatic rings. The zero-order valence-corrected chi connectivity index (χ0v) is 36.7. The highest BCUT2D eigenvalue weighted by molar-refractivity contribution is 9.10. The molecular weight excluding hydrogens is 732 g/mol. The van der Waals surface area contributed by atoms with Gasteiger partial charge in [-0.25, -0.2) is 9.97 Å². The number of halogens is 1. The van der Waals surface area contributed by atoms with Gasteiger partial charge in [0.15, 0.2) is 11.5 Å². The fourth-order valence-corrected chi connectivity index (χ4v) is 7.03. The molecule has 2 aromatic rings. The van der Waals surface area contributed by atoms with Gasteiger partial charge in [0.2, 0.25) is 5.75 Å². The van der Waals surface area contributed by atoms with E-state index in [0.717, 1.165) is 42.1 Å². The van der Waals surface area contributed by atoms with Crippen LogP contribution in [0.1, 0.15) is 225 Å². The molecule has 1 aromatic heterocycles. The standard InChI is InChI=1S/C48H79BrN2O3/c1-4-7-10-13-16-19-22-25-28-31-36-52-45-39-43(34-35-44-41-51-47(49)42-50-44)40-46(53-37-32-29-26-23-20-17-14-11-8-5-2)48(45)54-38-33-30-27-24-21-18-15-12-9-6-3/h39-42H,4-33,36-38H2,1-3H3. The van der Waals surface area contributed by atoms with Crippen molar-refractivity contribution in [3.63, 3.8) is 0 Å². The van der Waals surface area contributed by atoms with Crippen molar-refractivity contribution < 1.29 is 14.2 Å². The SMILES string of the molecule is CCCCCCCCCCCCOc1cc(C#Cc2cnc(Br)cn2)cc(OCCCCCCCCCCCC)c1OCCCCCCCCCCCC. The van der Waals surface area contributed by atoms with E-state index in [4.69, 9.17) is 14.2 Å². The van der Waals surface area contributed by atoms with Crippen LogP contribution in [-0.4, -0.2) is 29.8 Å². The highest BCUT2D eigenvalue weighted by Gasteiger charge is 2.16. The Morgan fingerprint density at radius 1 is 0.426 bits per heavy atom. The predicted octanol–water partition coefficient (Wildman–Crippen LogP) is 15.5. The van der Waals surface area contributed by atoms with E-state index < -0.39 is 0 Å². The molecule has 0 atom stereocenters. The molecule has 0 bridgehead atoms. The van der Waals surface area contributed by atoms with E-state index in [1.165, 1.54) is 173 Å². The first kappa shape index (κ1) is 47.9. The van der Waals surface area contributed by atoms with Crippen molar-refractivity contribution in [2.45, 2.75) is 213 Å². The molecule has 0 aliphatic heterocycles. The van der Waals surface area contributed by atoms with Crippen LogP contribution < -0.4 is 14.2 Å². The monoisotopic (exact) mass is 811 g/mol. The minimum atomic E-state index is 0.625. The minimum absolute atomic E-state index is 0.625. The van der Waals surface area contributed by atoms with Gasteiger partial charge in [-0.15, -0.1) is 0 Å². The van der Waals surface area contributed by atoms with Crippen molar-refractivity contribution in [1.82, 2.24) is 9.97 Å². The van der Waals surface area contributed by atoms with Gasteiger partial charge in [-0.1, -0.05) is 200 Å². The topological polar surface area (TPSA) is 53.5 Å². The second-order valence-electron chi connectivity index (χ2n) is 15.4. The number of hydrogen-bond donors (Lipinski definition) is 0. The molecule has 0 amide bonds. The van der Waals surface area contributed by atoms with Crippen molar-refractivity contribution in [1.29, 1.82) is 0 Å². The summed E-state index contributed by atoms with van der Waals surface area (Å²) in [6.07, 6.45) is 42.4. The number of unbranched alkanes of at least 4 members (excludes halogenated alkanes) is 27. The maximum absolute atomic E-state index is 6.55. The Kier molecular flexibility index (Phi) is 31.2. The summed E-state index contributed by atoms with van der Waals surface area (Å²) in [5, 5.41) is 0. The van der Waals surface area contributed by atoms with Gasteiger partial charge in [0.05, 0.1) is 32.2 Å². The number of hydrogen-bond acceptors (Lipinski definition) is 5. The zero-order chi connectivity index (χ0) is 38.6. The Balaban J connectivity index is 2.03. The van der Waals surface area contributed by atoms with E-state index in [1.807, 2.05) is 12.1 Å². The number of nitrogens with zero attached hydrogens (tertiary/aromatic N) is 2. The number of benzene rings is 1. The zero-order valence-electron chi connectivity index (χ0n) is 35.1. The smallest absolute Gasteiger partial charge is 0.203 e. The van der Waals surface area contributed by atoms with Gasteiger partial charge < -0.3 is 14.2 Å². The summed E-state index contributed by atoms with van der Waals surface area (Å²) >= 11 is 3.37. The first-order valence-corrected chi connectivity index (χ1v) is 23.5. The maximum Gasteiger partial charge on any atom is 0.203 e. The number of aromatic nitrogens is 2. The molecule has 6 heteroatoms. The summed E-state index contributed by atoms with van der Waals surface area (Å²) < 4.78 is 20.3. The lowest BCUT2D eigenvalue weighted by Gasteiger charge is -2.18. The highest BCUT2D eigenvalue weighted by Crippen LogP contribution is 2.39. The molecular formula is C48H79BrN2O3. The van der Waals surface area contributed by atoms with Crippen LogP contribution in [0.25, 0.3) is 0 Å².